The number of hydrogen-bond donors (Lipinski definition) is 3. The molecule has 0 atom stereocenters. The lowest BCUT2D eigenvalue weighted by Crippen LogP contribution is -2.13. The molecule has 0 bridgehead atoms. The molecule has 0 radical (unpaired) electrons. The first-order valence-corrected chi connectivity index (χ1v) is 6.91. The number of phenols is 1. The molecule has 104 valence electrons. The van der Waals surface area contributed by atoms with Crippen LogP contribution in [0.2, 0.25) is 5.02 Å². The maximum Gasteiger partial charge on any atom is 0.259 e. The van der Waals surface area contributed by atoms with Crippen molar-refractivity contribution in [3.8, 4) is 5.75 Å². The quantitative estimate of drug-likeness (QED) is 0.564. The van der Waals surface area contributed by atoms with E-state index in [0.29, 0.717) is 15.2 Å². The second-order valence-electron chi connectivity index (χ2n) is 4.28. The van der Waals surface area contributed by atoms with Gasteiger partial charge in [-0.3, -0.25) is 4.79 Å². The molecule has 0 aliphatic carbocycles. The third-order valence-electron chi connectivity index (χ3n) is 2.81. The second kappa shape index (κ2) is 5.73. The molecule has 4 nitrogen and oxygen atoms in total. The van der Waals surface area contributed by atoms with Gasteiger partial charge in [0.15, 0.2) is 5.75 Å². The summed E-state index contributed by atoms with van der Waals surface area (Å²) < 4.78 is 0.705. The Balaban J connectivity index is 2.33. The van der Waals surface area contributed by atoms with Crippen LogP contribution in [0.5, 0.6) is 5.75 Å². The number of nitrogens with one attached hydrogen (secondary N) is 1. The molecule has 0 fully saturated rings. The van der Waals surface area contributed by atoms with Crippen molar-refractivity contribution < 1.29 is 9.90 Å². The van der Waals surface area contributed by atoms with Crippen molar-refractivity contribution in [3.05, 3.63) is 51.0 Å². The van der Waals surface area contributed by atoms with E-state index in [2.05, 4.69) is 21.2 Å². The van der Waals surface area contributed by atoms with Crippen LogP contribution in [-0.2, 0) is 0 Å². The zero-order valence-corrected chi connectivity index (χ0v) is 12.9. The summed E-state index contributed by atoms with van der Waals surface area (Å²) in [5.41, 5.74) is 7.23. The molecule has 0 unspecified atom stereocenters. The predicted octanol–water partition coefficient (Wildman–Crippen LogP) is 3.95. The Morgan fingerprint density at radius 3 is 2.80 bits per heavy atom. The normalized spacial score (nSPS) is 10.3. The summed E-state index contributed by atoms with van der Waals surface area (Å²) in [6, 6.07) is 8.05. The standard InChI is InChI=1S/C14H12BrClN2O2/c1-7-5-9(15)12(6-10(7)16)18-14(20)8-3-2-4-11(17)13(8)19/h2-6,19H,17H2,1H3,(H,18,20). The van der Waals surface area contributed by atoms with Crippen LogP contribution >= 0.6 is 27.5 Å². The highest BCUT2D eigenvalue weighted by molar-refractivity contribution is 9.10. The van der Waals surface area contributed by atoms with E-state index < -0.39 is 5.91 Å². The van der Waals surface area contributed by atoms with E-state index in [-0.39, 0.29) is 17.0 Å². The summed E-state index contributed by atoms with van der Waals surface area (Å²) in [5, 5.41) is 13.0. The zero-order valence-electron chi connectivity index (χ0n) is 10.6. The number of benzene rings is 2. The number of rotatable bonds is 2. The highest BCUT2D eigenvalue weighted by Gasteiger charge is 2.15. The first kappa shape index (κ1) is 14.7. The van der Waals surface area contributed by atoms with E-state index in [9.17, 15) is 9.90 Å². The number of anilines is 2. The van der Waals surface area contributed by atoms with Crippen LogP contribution in [0.4, 0.5) is 11.4 Å². The number of carbonyl (C=O) groups excluding carboxylic acids is 1. The summed E-state index contributed by atoms with van der Waals surface area (Å²) >= 11 is 9.38. The van der Waals surface area contributed by atoms with Crippen LogP contribution in [0, 0.1) is 6.92 Å². The number of amides is 1. The van der Waals surface area contributed by atoms with E-state index in [4.69, 9.17) is 17.3 Å². The zero-order chi connectivity index (χ0) is 14.9. The van der Waals surface area contributed by atoms with Crippen LogP contribution in [0.1, 0.15) is 15.9 Å². The number of hydrogen-bond acceptors (Lipinski definition) is 3. The van der Waals surface area contributed by atoms with Gasteiger partial charge in [0.2, 0.25) is 0 Å². The number of halogens is 2. The molecular weight excluding hydrogens is 344 g/mol. The fourth-order valence-electron chi connectivity index (χ4n) is 1.68. The highest BCUT2D eigenvalue weighted by Crippen LogP contribution is 2.31. The number of nitrogens with two attached hydrogens (primary N) is 1. The number of aromatic hydroxyl groups is 1. The summed E-state index contributed by atoms with van der Waals surface area (Å²) in [6.45, 7) is 1.86. The van der Waals surface area contributed by atoms with Crippen LogP contribution in [0.25, 0.3) is 0 Å². The predicted molar refractivity (Wildman–Crippen MR) is 84.4 cm³/mol. The Hall–Kier alpha value is -1.72. The van der Waals surface area contributed by atoms with E-state index in [0.717, 1.165) is 5.56 Å². The number of aryl methyl sites for hydroxylation is 1. The number of phenolic OH excluding ortho intramolecular Hbond substituents is 1. The van der Waals surface area contributed by atoms with Crippen LogP contribution in [0.15, 0.2) is 34.8 Å². The molecule has 6 heteroatoms. The minimum Gasteiger partial charge on any atom is -0.505 e. The van der Waals surface area contributed by atoms with Gasteiger partial charge in [0.1, 0.15) is 0 Å². The summed E-state index contributed by atoms with van der Waals surface area (Å²) in [5.74, 6) is -0.699. The summed E-state index contributed by atoms with van der Waals surface area (Å²) in [7, 11) is 0. The molecule has 0 saturated heterocycles. The smallest absolute Gasteiger partial charge is 0.259 e. The average Bonchev–Trinajstić information content (AvgIpc) is 2.39. The minimum absolute atomic E-state index is 0.105. The fourth-order valence-corrected chi connectivity index (χ4v) is 2.40. The van der Waals surface area contributed by atoms with Crippen molar-refractivity contribution in [2.45, 2.75) is 6.92 Å². The Morgan fingerprint density at radius 1 is 1.40 bits per heavy atom. The van der Waals surface area contributed by atoms with Crippen molar-refractivity contribution in [3.63, 3.8) is 0 Å². The average molecular weight is 356 g/mol. The maximum absolute atomic E-state index is 12.1. The highest BCUT2D eigenvalue weighted by atomic mass is 79.9. The van der Waals surface area contributed by atoms with Crippen molar-refractivity contribution in [1.29, 1.82) is 0 Å². The van der Waals surface area contributed by atoms with E-state index in [1.54, 1.807) is 18.2 Å². The molecule has 2 rings (SSSR count). The van der Waals surface area contributed by atoms with Gasteiger partial charge in [-0.15, -0.1) is 0 Å². The van der Waals surface area contributed by atoms with Gasteiger partial charge in [-0.1, -0.05) is 17.7 Å². The van der Waals surface area contributed by atoms with E-state index in [1.807, 2.05) is 6.92 Å². The van der Waals surface area contributed by atoms with Gasteiger partial charge in [-0.05, 0) is 52.7 Å². The monoisotopic (exact) mass is 354 g/mol. The molecule has 4 N–H and O–H groups in total. The lowest BCUT2D eigenvalue weighted by Gasteiger charge is -2.11. The van der Waals surface area contributed by atoms with Gasteiger partial charge in [-0.25, -0.2) is 0 Å². The van der Waals surface area contributed by atoms with Crippen molar-refractivity contribution in [1.82, 2.24) is 0 Å². The second-order valence-corrected chi connectivity index (χ2v) is 5.54. The first-order chi connectivity index (χ1) is 9.40. The van der Waals surface area contributed by atoms with Crippen LogP contribution in [0.3, 0.4) is 0 Å². The van der Waals surface area contributed by atoms with Gasteiger partial charge in [0, 0.05) is 9.50 Å². The molecule has 20 heavy (non-hydrogen) atoms. The van der Waals surface area contributed by atoms with E-state index in [1.165, 1.54) is 12.1 Å². The number of nitrogen functional groups attached to an aromatic ring is 1. The largest absolute Gasteiger partial charge is 0.505 e. The van der Waals surface area contributed by atoms with Gasteiger partial charge >= 0.3 is 0 Å². The molecule has 0 aromatic heterocycles. The first-order valence-electron chi connectivity index (χ1n) is 5.74. The molecule has 0 aliphatic heterocycles. The maximum atomic E-state index is 12.1. The van der Waals surface area contributed by atoms with Gasteiger partial charge < -0.3 is 16.2 Å². The van der Waals surface area contributed by atoms with Crippen LogP contribution < -0.4 is 11.1 Å². The molecule has 2 aromatic carbocycles. The summed E-state index contributed by atoms with van der Waals surface area (Å²) in [6.07, 6.45) is 0. The molecule has 0 spiro atoms. The molecule has 0 heterocycles. The Bertz CT molecular complexity index is 689. The number of carbonyl (C=O) groups is 1. The van der Waals surface area contributed by atoms with Gasteiger partial charge in [0.25, 0.3) is 5.91 Å². The minimum atomic E-state index is -0.463. The third-order valence-corrected chi connectivity index (χ3v) is 3.87. The summed E-state index contributed by atoms with van der Waals surface area (Å²) in [4.78, 5) is 12.1. The third kappa shape index (κ3) is 2.89. The topological polar surface area (TPSA) is 75.4 Å². The van der Waals surface area contributed by atoms with Gasteiger partial charge in [-0.2, -0.15) is 0 Å². The molecule has 1 amide bonds. The molecule has 0 aliphatic rings. The van der Waals surface area contributed by atoms with Crippen molar-refractivity contribution in [2.75, 3.05) is 11.1 Å². The lowest BCUT2D eigenvalue weighted by molar-refractivity contribution is 0.102. The lowest BCUT2D eigenvalue weighted by atomic mass is 10.1. The number of para-hydroxylation sites is 1. The Kier molecular flexibility index (Phi) is 4.20. The molecule has 2 aromatic rings. The Labute approximate surface area is 129 Å². The van der Waals surface area contributed by atoms with Crippen molar-refractivity contribution >= 4 is 44.8 Å². The SMILES string of the molecule is Cc1cc(Br)c(NC(=O)c2cccc(N)c2O)cc1Cl. The Morgan fingerprint density at radius 2 is 2.10 bits per heavy atom. The van der Waals surface area contributed by atoms with Crippen molar-refractivity contribution in [2.24, 2.45) is 0 Å². The molecular formula is C14H12BrClN2O2. The van der Waals surface area contributed by atoms with Gasteiger partial charge in [0.05, 0.1) is 16.9 Å². The molecule has 0 saturated carbocycles. The van der Waals surface area contributed by atoms with E-state index >= 15 is 0 Å². The fraction of sp³-hybridized carbons (Fsp3) is 0.0714. The van der Waals surface area contributed by atoms with Crippen LogP contribution in [-0.4, -0.2) is 11.0 Å².